The summed E-state index contributed by atoms with van der Waals surface area (Å²) in [6.07, 6.45) is -2.08. The Hall–Kier alpha value is -2.02. The number of allylic oxidation sites excluding steroid dienone is 4. The van der Waals surface area contributed by atoms with Crippen LogP contribution in [0.5, 0.6) is 0 Å². The van der Waals surface area contributed by atoms with Crippen molar-refractivity contribution in [3.63, 3.8) is 0 Å². The molecule has 1 aromatic carbocycles. The molecule has 142 valence electrons. The Labute approximate surface area is 159 Å². The molecular formula is C20H18F3NO2S. The van der Waals surface area contributed by atoms with Gasteiger partial charge in [-0.2, -0.15) is 13.2 Å². The van der Waals surface area contributed by atoms with Crippen LogP contribution in [0, 0.1) is 6.92 Å². The molecule has 0 fully saturated rings. The van der Waals surface area contributed by atoms with Gasteiger partial charge >= 0.3 is 6.18 Å². The molecule has 1 N–H and O–H groups in total. The molecular weight excluding hydrogens is 375 g/mol. The van der Waals surface area contributed by atoms with Crippen LogP contribution in [0.2, 0.25) is 0 Å². The minimum absolute atomic E-state index is 0.0390. The highest BCUT2D eigenvalue weighted by molar-refractivity contribution is 8.03. The van der Waals surface area contributed by atoms with Crippen LogP contribution in [0.15, 0.2) is 40.1 Å². The first-order chi connectivity index (χ1) is 12.8. The second kappa shape index (κ2) is 6.55. The lowest BCUT2D eigenvalue weighted by atomic mass is 9.78. The quantitative estimate of drug-likeness (QED) is 0.735. The zero-order chi connectivity index (χ0) is 19.3. The van der Waals surface area contributed by atoms with Crippen LogP contribution >= 0.6 is 11.8 Å². The maximum atomic E-state index is 13.0. The summed E-state index contributed by atoms with van der Waals surface area (Å²) in [6.45, 7) is 1.50. The van der Waals surface area contributed by atoms with Gasteiger partial charge in [-0.25, -0.2) is 0 Å². The van der Waals surface area contributed by atoms with Gasteiger partial charge in [0.2, 0.25) is 0 Å². The van der Waals surface area contributed by atoms with E-state index in [-0.39, 0.29) is 22.8 Å². The molecule has 27 heavy (non-hydrogen) atoms. The topological polar surface area (TPSA) is 46.2 Å². The third-order valence-electron chi connectivity index (χ3n) is 5.31. The normalized spacial score (nSPS) is 22.5. The number of ketones is 2. The number of hydrogen-bond donors (Lipinski definition) is 1. The summed E-state index contributed by atoms with van der Waals surface area (Å²) in [5.41, 5.74) is 3.13. The number of thioether (sulfide) groups is 1. The van der Waals surface area contributed by atoms with Gasteiger partial charge in [-0.05, 0) is 43.4 Å². The summed E-state index contributed by atoms with van der Waals surface area (Å²) in [5.74, 6) is -1.30. The van der Waals surface area contributed by atoms with Gasteiger partial charge in [-0.15, -0.1) is 11.8 Å². The number of carbonyl (C=O) groups is 2. The molecule has 0 bridgehead atoms. The van der Waals surface area contributed by atoms with Gasteiger partial charge in [0.15, 0.2) is 5.78 Å². The summed E-state index contributed by atoms with van der Waals surface area (Å²) in [7, 11) is 0. The molecule has 2 heterocycles. The van der Waals surface area contributed by atoms with Crippen molar-refractivity contribution in [2.45, 2.75) is 44.7 Å². The molecule has 1 aromatic rings. The molecule has 0 saturated carbocycles. The number of dihydropyridines is 1. The maximum Gasteiger partial charge on any atom is 0.454 e. The first-order valence-electron chi connectivity index (χ1n) is 8.88. The van der Waals surface area contributed by atoms with E-state index in [1.165, 1.54) is 13.0 Å². The molecule has 0 aromatic heterocycles. The zero-order valence-electron chi connectivity index (χ0n) is 14.7. The van der Waals surface area contributed by atoms with E-state index in [4.69, 9.17) is 0 Å². The Balaban J connectivity index is 1.85. The summed E-state index contributed by atoms with van der Waals surface area (Å²) in [5, 5.41) is 3.39. The fourth-order valence-electron chi connectivity index (χ4n) is 4.03. The van der Waals surface area contributed by atoms with Gasteiger partial charge in [0.05, 0.1) is 0 Å². The fourth-order valence-corrected chi connectivity index (χ4v) is 5.31. The van der Waals surface area contributed by atoms with E-state index in [2.05, 4.69) is 5.32 Å². The standard InChI is InChI=1S/C20H18F3NO2S/c1-10-5-6-11(9-12(10)19(26)20(21,22)23)16-17-13(3-2-4-15(17)25)24-14-7-8-27-18(14)16/h5-6,9,16,24H,2-4,7-8H2,1H3. The number of Topliss-reactive ketones (excluding diaryl/α,β-unsaturated/α-hetero) is 2. The lowest BCUT2D eigenvalue weighted by Crippen LogP contribution is -2.30. The number of aryl methyl sites for hydroxylation is 1. The molecule has 2 aliphatic heterocycles. The molecule has 0 saturated heterocycles. The van der Waals surface area contributed by atoms with E-state index in [1.54, 1.807) is 23.9 Å². The highest BCUT2D eigenvalue weighted by Crippen LogP contribution is 2.50. The summed E-state index contributed by atoms with van der Waals surface area (Å²) in [6, 6.07) is 4.62. The van der Waals surface area contributed by atoms with Crippen LogP contribution < -0.4 is 5.32 Å². The van der Waals surface area contributed by atoms with E-state index in [1.807, 2.05) is 0 Å². The predicted molar refractivity (Wildman–Crippen MR) is 97.4 cm³/mol. The van der Waals surface area contributed by atoms with Crippen LogP contribution in [0.4, 0.5) is 13.2 Å². The number of hydrogen-bond acceptors (Lipinski definition) is 4. The second-order valence-corrected chi connectivity index (χ2v) is 8.21. The molecule has 0 amide bonds. The fraction of sp³-hybridized carbons (Fsp3) is 0.400. The number of carbonyl (C=O) groups excluding carboxylic acids is 2. The van der Waals surface area contributed by atoms with E-state index < -0.39 is 12.0 Å². The monoisotopic (exact) mass is 393 g/mol. The molecule has 1 unspecified atom stereocenters. The van der Waals surface area contributed by atoms with Crippen molar-refractivity contribution in [2.24, 2.45) is 0 Å². The molecule has 3 nitrogen and oxygen atoms in total. The smallest absolute Gasteiger partial charge is 0.361 e. The maximum absolute atomic E-state index is 13.0. The first kappa shape index (κ1) is 18.3. The van der Waals surface area contributed by atoms with Crippen LogP contribution in [0.3, 0.4) is 0 Å². The lowest BCUT2D eigenvalue weighted by Gasteiger charge is -2.33. The average molecular weight is 393 g/mol. The summed E-state index contributed by atoms with van der Waals surface area (Å²) in [4.78, 5) is 25.5. The highest BCUT2D eigenvalue weighted by Gasteiger charge is 2.42. The van der Waals surface area contributed by atoms with Crippen molar-refractivity contribution in [3.8, 4) is 0 Å². The van der Waals surface area contributed by atoms with Gasteiger partial charge in [-0.1, -0.05) is 12.1 Å². The van der Waals surface area contributed by atoms with Crippen LogP contribution in [-0.4, -0.2) is 23.5 Å². The number of benzene rings is 1. The third kappa shape index (κ3) is 3.12. The SMILES string of the molecule is Cc1ccc(C2C3=C(CCS3)NC3=C2C(=O)CCC3)cc1C(=O)C(F)(F)F. The van der Waals surface area contributed by atoms with Gasteiger partial charge in [0.1, 0.15) is 0 Å². The Morgan fingerprint density at radius 2 is 1.96 bits per heavy atom. The molecule has 4 rings (SSSR count). The van der Waals surface area contributed by atoms with Gasteiger partial charge in [0.25, 0.3) is 5.78 Å². The van der Waals surface area contributed by atoms with Gasteiger partial charge in [0, 0.05) is 45.5 Å². The predicted octanol–water partition coefficient (Wildman–Crippen LogP) is 4.78. The Kier molecular flexibility index (Phi) is 4.45. The Bertz CT molecular complexity index is 914. The third-order valence-corrected chi connectivity index (χ3v) is 6.51. The number of halogens is 3. The number of rotatable bonds is 2. The van der Waals surface area contributed by atoms with E-state index >= 15 is 0 Å². The van der Waals surface area contributed by atoms with Crippen molar-refractivity contribution < 1.29 is 22.8 Å². The van der Waals surface area contributed by atoms with E-state index in [0.29, 0.717) is 17.6 Å². The zero-order valence-corrected chi connectivity index (χ0v) is 15.5. The molecule has 0 radical (unpaired) electrons. The molecule has 7 heteroatoms. The minimum atomic E-state index is -4.92. The highest BCUT2D eigenvalue weighted by atomic mass is 32.2. The van der Waals surface area contributed by atoms with Crippen molar-refractivity contribution in [3.05, 3.63) is 56.8 Å². The molecule has 0 spiro atoms. The van der Waals surface area contributed by atoms with Crippen molar-refractivity contribution in [2.75, 3.05) is 5.75 Å². The van der Waals surface area contributed by atoms with Gasteiger partial charge < -0.3 is 5.32 Å². The van der Waals surface area contributed by atoms with Crippen molar-refractivity contribution >= 4 is 23.3 Å². The Morgan fingerprint density at radius 1 is 1.19 bits per heavy atom. The van der Waals surface area contributed by atoms with Crippen molar-refractivity contribution in [1.29, 1.82) is 0 Å². The van der Waals surface area contributed by atoms with Crippen LogP contribution in [-0.2, 0) is 4.79 Å². The molecule has 3 aliphatic rings. The number of alkyl halides is 3. The second-order valence-electron chi connectivity index (χ2n) is 7.07. The molecule has 1 atom stereocenters. The van der Waals surface area contributed by atoms with E-state index in [9.17, 15) is 22.8 Å². The van der Waals surface area contributed by atoms with Crippen LogP contribution in [0.25, 0.3) is 0 Å². The molecule has 1 aliphatic carbocycles. The first-order valence-corrected chi connectivity index (χ1v) is 9.87. The summed E-state index contributed by atoms with van der Waals surface area (Å²) >= 11 is 1.63. The largest absolute Gasteiger partial charge is 0.454 e. The average Bonchev–Trinajstić information content (AvgIpc) is 3.07. The van der Waals surface area contributed by atoms with E-state index in [0.717, 1.165) is 41.3 Å². The number of nitrogens with one attached hydrogen (secondary N) is 1. The minimum Gasteiger partial charge on any atom is -0.361 e. The summed E-state index contributed by atoms with van der Waals surface area (Å²) < 4.78 is 39.0. The Morgan fingerprint density at radius 3 is 2.70 bits per heavy atom. The lowest BCUT2D eigenvalue weighted by molar-refractivity contribution is -0.116. The van der Waals surface area contributed by atoms with Crippen molar-refractivity contribution in [1.82, 2.24) is 5.32 Å². The van der Waals surface area contributed by atoms with Crippen LogP contribution in [0.1, 0.15) is 53.1 Å². The van der Waals surface area contributed by atoms with Gasteiger partial charge in [-0.3, -0.25) is 9.59 Å².